The van der Waals surface area contributed by atoms with Crippen molar-refractivity contribution in [1.82, 2.24) is 5.32 Å². The summed E-state index contributed by atoms with van der Waals surface area (Å²) in [6.45, 7) is 7.86. The number of amides is 1. The summed E-state index contributed by atoms with van der Waals surface area (Å²) in [4.78, 5) is 12.0. The number of rotatable bonds is 4. The predicted octanol–water partition coefficient (Wildman–Crippen LogP) is 4.05. The molecular weight excluding hydrogens is 246 g/mol. The van der Waals surface area contributed by atoms with Gasteiger partial charge < -0.3 is 5.32 Å². The van der Waals surface area contributed by atoms with Crippen molar-refractivity contribution in [3.8, 4) is 0 Å². The monoisotopic (exact) mass is 265 g/mol. The highest BCUT2D eigenvalue weighted by atomic mass is 35.5. The molecule has 3 heteroatoms. The average molecular weight is 266 g/mol. The number of hydrogen-bond acceptors (Lipinski definition) is 1. The topological polar surface area (TPSA) is 29.1 Å². The van der Waals surface area contributed by atoms with E-state index in [1.807, 2.05) is 45.0 Å². The van der Waals surface area contributed by atoms with Gasteiger partial charge in [0.05, 0.1) is 0 Å². The number of hydrogen-bond donors (Lipinski definition) is 1. The van der Waals surface area contributed by atoms with Crippen LogP contribution < -0.4 is 5.32 Å². The van der Waals surface area contributed by atoms with Gasteiger partial charge in [0.25, 0.3) is 0 Å². The van der Waals surface area contributed by atoms with Crippen molar-refractivity contribution in [2.45, 2.75) is 40.2 Å². The van der Waals surface area contributed by atoms with Crippen LogP contribution in [0.1, 0.15) is 39.7 Å². The number of allylic oxidation sites excluding steroid dienone is 1. The van der Waals surface area contributed by atoms with E-state index in [2.05, 4.69) is 12.2 Å². The van der Waals surface area contributed by atoms with Gasteiger partial charge in [0.2, 0.25) is 5.91 Å². The molecule has 0 radical (unpaired) electrons. The van der Waals surface area contributed by atoms with Gasteiger partial charge in [0.15, 0.2) is 0 Å². The van der Waals surface area contributed by atoms with Gasteiger partial charge in [-0.15, -0.1) is 0 Å². The number of carbonyl (C=O) groups is 1. The molecule has 1 aromatic rings. The van der Waals surface area contributed by atoms with Gasteiger partial charge >= 0.3 is 0 Å². The zero-order chi connectivity index (χ0) is 13.7. The van der Waals surface area contributed by atoms with E-state index in [0.29, 0.717) is 5.02 Å². The average Bonchev–Trinajstić information content (AvgIpc) is 2.37. The largest absolute Gasteiger partial charge is 0.350 e. The summed E-state index contributed by atoms with van der Waals surface area (Å²) < 4.78 is 0. The summed E-state index contributed by atoms with van der Waals surface area (Å²) in [6.07, 6.45) is 0.930. The molecular formula is C15H20ClNO. The van der Waals surface area contributed by atoms with Crippen molar-refractivity contribution < 1.29 is 4.79 Å². The first kappa shape index (κ1) is 14.8. The van der Waals surface area contributed by atoms with Crippen LogP contribution in [-0.2, 0) is 4.79 Å². The smallest absolute Gasteiger partial charge is 0.247 e. The second-order valence-corrected chi connectivity index (χ2v) is 4.98. The summed E-state index contributed by atoms with van der Waals surface area (Å²) in [7, 11) is 0. The lowest BCUT2D eigenvalue weighted by atomic mass is 10.0. The molecule has 2 nitrogen and oxygen atoms in total. The maximum Gasteiger partial charge on any atom is 0.247 e. The van der Waals surface area contributed by atoms with Gasteiger partial charge in [-0.1, -0.05) is 30.7 Å². The Hall–Kier alpha value is -1.28. The number of nitrogens with one attached hydrogen (secondary N) is 1. The summed E-state index contributed by atoms with van der Waals surface area (Å²) in [5.74, 6) is -0.00296. The maximum atomic E-state index is 12.0. The van der Waals surface area contributed by atoms with Crippen molar-refractivity contribution in [1.29, 1.82) is 0 Å². The molecule has 1 atom stereocenters. The Morgan fingerprint density at radius 3 is 2.33 bits per heavy atom. The fourth-order valence-corrected chi connectivity index (χ4v) is 1.65. The fourth-order valence-electron chi connectivity index (χ4n) is 1.52. The number of halogens is 1. The predicted molar refractivity (Wildman–Crippen MR) is 77.6 cm³/mol. The third-order valence-electron chi connectivity index (χ3n) is 3.17. The van der Waals surface area contributed by atoms with E-state index in [1.54, 1.807) is 0 Å². The van der Waals surface area contributed by atoms with E-state index in [-0.39, 0.29) is 11.9 Å². The second-order valence-electron chi connectivity index (χ2n) is 4.54. The highest BCUT2D eigenvalue weighted by Gasteiger charge is 2.11. The lowest BCUT2D eigenvalue weighted by molar-refractivity contribution is -0.118. The number of benzene rings is 1. The van der Waals surface area contributed by atoms with Gasteiger partial charge in [0.1, 0.15) is 0 Å². The highest BCUT2D eigenvalue weighted by Crippen LogP contribution is 2.20. The van der Waals surface area contributed by atoms with Gasteiger partial charge in [-0.2, -0.15) is 0 Å². The second kappa shape index (κ2) is 6.60. The molecule has 98 valence electrons. The molecule has 1 N–H and O–H groups in total. The molecule has 0 fully saturated rings. The molecule has 1 rings (SSSR count). The van der Waals surface area contributed by atoms with Crippen LogP contribution in [-0.4, -0.2) is 11.9 Å². The third-order valence-corrected chi connectivity index (χ3v) is 3.42. The Bertz CT molecular complexity index is 448. The number of carbonyl (C=O) groups excluding carboxylic acids is 1. The molecule has 1 amide bonds. The Morgan fingerprint density at radius 2 is 1.83 bits per heavy atom. The summed E-state index contributed by atoms with van der Waals surface area (Å²) in [6, 6.07) is 7.72. The van der Waals surface area contributed by atoms with E-state index in [0.717, 1.165) is 23.1 Å². The molecule has 1 aromatic carbocycles. The van der Waals surface area contributed by atoms with E-state index in [4.69, 9.17) is 11.6 Å². The van der Waals surface area contributed by atoms with Crippen LogP contribution in [0.4, 0.5) is 0 Å². The minimum absolute atomic E-state index is 0.00296. The molecule has 0 bridgehead atoms. The van der Waals surface area contributed by atoms with Crippen LogP contribution in [0.15, 0.2) is 29.8 Å². The summed E-state index contributed by atoms with van der Waals surface area (Å²) in [5.41, 5.74) is 2.75. The molecule has 0 aliphatic carbocycles. The summed E-state index contributed by atoms with van der Waals surface area (Å²) in [5, 5.41) is 3.67. The Morgan fingerprint density at radius 1 is 1.28 bits per heavy atom. The van der Waals surface area contributed by atoms with Crippen molar-refractivity contribution in [2.75, 3.05) is 0 Å². The lowest BCUT2D eigenvalue weighted by Gasteiger charge is -2.13. The molecule has 0 aliphatic rings. The molecule has 0 aromatic heterocycles. The standard InChI is InChI=1S/C15H20ClNO/c1-5-10(2)17-15(18)12(4)11(3)13-6-8-14(16)9-7-13/h6-10H,5H2,1-4H3,(H,17,18). The molecule has 0 saturated heterocycles. The van der Waals surface area contributed by atoms with E-state index in [9.17, 15) is 4.79 Å². The molecule has 0 aliphatic heterocycles. The first-order chi connectivity index (χ1) is 8.45. The molecule has 0 heterocycles. The zero-order valence-electron chi connectivity index (χ0n) is 11.4. The van der Waals surface area contributed by atoms with Crippen LogP contribution in [0.3, 0.4) is 0 Å². The lowest BCUT2D eigenvalue weighted by Crippen LogP contribution is -2.32. The SMILES string of the molecule is CCC(C)NC(=O)C(C)=C(C)c1ccc(Cl)cc1. The highest BCUT2D eigenvalue weighted by molar-refractivity contribution is 6.30. The van der Waals surface area contributed by atoms with Crippen LogP contribution in [0.2, 0.25) is 5.02 Å². The van der Waals surface area contributed by atoms with Crippen molar-refractivity contribution >= 4 is 23.1 Å². The molecule has 0 spiro atoms. The first-order valence-electron chi connectivity index (χ1n) is 6.20. The quantitative estimate of drug-likeness (QED) is 0.818. The van der Waals surface area contributed by atoms with Gasteiger partial charge in [-0.05, 0) is 50.5 Å². The van der Waals surface area contributed by atoms with Crippen LogP contribution >= 0.6 is 11.6 Å². The third kappa shape index (κ3) is 3.88. The van der Waals surface area contributed by atoms with Crippen LogP contribution in [0.25, 0.3) is 5.57 Å². The fraction of sp³-hybridized carbons (Fsp3) is 0.400. The van der Waals surface area contributed by atoms with Crippen LogP contribution in [0, 0.1) is 0 Å². The Balaban J connectivity index is 2.90. The van der Waals surface area contributed by atoms with Crippen LogP contribution in [0.5, 0.6) is 0 Å². The minimum Gasteiger partial charge on any atom is -0.350 e. The molecule has 18 heavy (non-hydrogen) atoms. The van der Waals surface area contributed by atoms with Crippen molar-refractivity contribution in [3.63, 3.8) is 0 Å². The van der Waals surface area contributed by atoms with Crippen molar-refractivity contribution in [3.05, 3.63) is 40.4 Å². The van der Waals surface area contributed by atoms with Gasteiger partial charge in [-0.3, -0.25) is 4.79 Å². The maximum absolute atomic E-state index is 12.0. The van der Waals surface area contributed by atoms with E-state index >= 15 is 0 Å². The summed E-state index contributed by atoms with van der Waals surface area (Å²) >= 11 is 5.85. The molecule has 0 saturated carbocycles. The Labute approximate surface area is 114 Å². The van der Waals surface area contributed by atoms with Crippen molar-refractivity contribution in [2.24, 2.45) is 0 Å². The van der Waals surface area contributed by atoms with E-state index in [1.165, 1.54) is 0 Å². The minimum atomic E-state index is -0.00296. The van der Waals surface area contributed by atoms with E-state index < -0.39 is 0 Å². The Kier molecular flexibility index (Phi) is 5.42. The normalized spacial score (nSPS) is 13.8. The van der Waals surface area contributed by atoms with Gasteiger partial charge in [0, 0.05) is 16.6 Å². The van der Waals surface area contributed by atoms with Gasteiger partial charge in [-0.25, -0.2) is 0 Å². The first-order valence-corrected chi connectivity index (χ1v) is 6.57. The molecule has 1 unspecified atom stereocenters. The zero-order valence-corrected chi connectivity index (χ0v) is 12.1.